The second-order valence-corrected chi connectivity index (χ2v) is 8.12. The third-order valence-corrected chi connectivity index (χ3v) is 5.87. The average molecular weight is 316 g/mol. The molecule has 1 unspecified atom stereocenters. The molecule has 0 saturated heterocycles. The molecule has 1 aromatic rings. The van der Waals surface area contributed by atoms with E-state index in [1.807, 2.05) is 11.3 Å². The number of hydrogen-bond acceptors (Lipinski definition) is 2. The summed E-state index contributed by atoms with van der Waals surface area (Å²) in [5.41, 5.74) is 1.83. The Morgan fingerprint density at radius 1 is 1.35 bits per heavy atom. The Morgan fingerprint density at radius 3 is 2.41 bits per heavy atom. The van der Waals surface area contributed by atoms with Gasteiger partial charge >= 0.3 is 0 Å². The normalized spacial score (nSPS) is 20.3. The highest BCUT2D eigenvalue weighted by molar-refractivity contribution is 9.09. The lowest BCUT2D eigenvalue weighted by Gasteiger charge is -2.26. The number of aromatic nitrogens is 1. The van der Waals surface area contributed by atoms with Gasteiger partial charge < -0.3 is 0 Å². The van der Waals surface area contributed by atoms with Crippen molar-refractivity contribution in [3.05, 3.63) is 16.1 Å². The Bertz CT molecular complexity index is 389. The van der Waals surface area contributed by atoms with Crippen molar-refractivity contribution in [2.24, 2.45) is 11.3 Å². The van der Waals surface area contributed by atoms with E-state index in [4.69, 9.17) is 4.98 Å². The van der Waals surface area contributed by atoms with Gasteiger partial charge in [0.25, 0.3) is 0 Å². The lowest BCUT2D eigenvalue weighted by molar-refractivity contribution is 0.318. The third-order valence-electron chi connectivity index (χ3n) is 3.74. The Kier molecular flexibility index (Phi) is 3.71. The minimum absolute atomic E-state index is 0.180. The van der Waals surface area contributed by atoms with Crippen molar-refractivity contribution in [3.63, 3.8) is 0 Å². The van der Waals surface area contributed by atoms with Crippen LogP contribution < -0.4 is 0 Å². The topological polar surface area (TPSA) is 12.9 Å². The molecule has 1 aliphatic carbocycles. The van der Waals surface area contributed by atoms with Gasteiger partial charge in [-0.3, -0.25) is 0 Å². The van der Waals surface area contributed by atoms with Crippen LogP contribution in [0.25, 0.3) is 0 Å². The summed E-state index contributed by atoms with van der Waals surface area (Å²) < 4.78 is 0. The summed E-state index contributed by atoms with van der Waals surface area (Å²) in [6.07, 6.45) is 3.93. The van der Waals surface area contributed by atoms with Gasteiger partial charge in [-0.2, -0.15) is 0 Å². The summed E-state index contributed by atoms with van der Waals surface area (Å²) in [7, 11) is 0. The number of alkyl halides is 1. The number of nitrogens with zero attached hydrogens (tertiary/aromatic N) is 1. The molecular formula is C14H22BrNS. The van der Waals surface area contributed by atoms with E-state index in [0.29, 0.717) is 5.41 Å². The number of thiazole rings is 1. The molecule has 3 heteroatoms. The van der Waals surface area contributed by atoms with Gasteiger partial charge in [-0.15, -0.1) is 11.3 Å². The molecule has 1 nitrogen and oxygen atoms in total. The smallest absolute Gasteiger partial charge is 0.0934 e. The first-order valence-corrected chi connectivity index (χ1v) is 8.36. The molecule has 2 rings (SSSR count). The molecule has 0 bridgehead atoms. The maximum absolute atomic E-state index is 4.82. The molecule has 1 saturated carbocycles. The highest BCUT2D eigenvalue weighted by Crippen LogP contribution is 2.48. The zero-order chi connectivity index (χ0) is 12.7. The Balaban J connectivity index is 2.10. The maximum atomic E-state index is 4.82. The monoisotopic (exact) mass is 315 g/mol. The Hall–Kier alpha value is 0.110. The first-order chi connectivity index (χ1) is 7.85. The van der Waals surface area contributed by atoms with Crippen molar-refractivity contribution in [1.82, 2.24) is 4.98 Å². The van der Waals surface area contributed by atoms with Gasteiger partial charge in [0.15, 0.2) is 0 Å². The van der Waals surface area contributed by atoms with Crippen LogP contribution in [0.15, 0.2) is 5.38 Å². The van der Waals surface area contributed by atoms with Gasteiger partial charge in [0.1, 0.15) is 0 Å². The maximum Gasteiger partial charge on any atom is 0.0934 e. The molecule has 0 spiro atoms. The minimum Gasteiger partial charge on any atom is -0.246 e. The van der Waals surface area contributed by atoms with Gasteiger partial charge in [-0.25, -0.2) is 4.98 Å². The van der Waals surface area contributed by atoms with E-state index in [0.717, 1.165) is 17.7 Å². The molecule has 0 aromatic carbocycles. The summed E-state index contributed by atoms with van der Waals surface area (Å²) in [5, 5.41) is 4.63. The minimum atomic E-state index is 0.180. The molecule has 96 valence electrons. The molecule has 0 aliphatic heterocycles. The fourth-order valence-corrected chi connectivity index (χ4v) is 4.04. The predicted octanol–water partition coefficient (Wildman–Crippen LogP) is 4.79. The number of halogens is 1. The molecule has 1 heterocycles. The lowest BCUT2D eigenvalue weighted by atomic mass is 9.84. The van der Waals surface area contributed by atoms with Crippen LogP contribution in [0.3, 0.4) is 0 Å². The Morgan fingerprint density at radius 2 is 2.00 bits per heavy atom. The molecule has 17 heavy (non-hydrogen) atoms. The van der Waals surface area contributed by atoms with Gasteiger partial charge in [-0.05, 0) is 24.2 Å². The molecule has 1 aliphatic rings. The Labute approximate surface area is 117 Å². The van der Waals surface area contributed by atoms with Gasteiger partial charge in [0.2, 0.25) is 0 Å². The van der Waals surface area contributed by atoms with Crippen LogP contribution in [-0.4, -0.2) is 10.3 Å². The van der Waals surface area contributed by atoms with Crippen LogP contribution in [-0.2, 0) is 11.8 Å². The second kappa shape index (κ2) is 4.65. The fourth-order valence-electron chi connectivity index (χ4n) is 2.16. The van der Waals surface area contributed by atoms with E-state index in [2.05, 4.69) is 49.0 Å². The van der Waals surface area contributed by atoms with Crippen molar-refractivity contribution in [2.45, 2.75) is 52.4 Å². The number of rotatable bonds is 4. The van der Waals surface area contributed by atoms with E-state index in [1.165, 1.54) is 23.5 Å². The molecule has 0 N–H and O–H groups in total. The first-order valence-electron chi connectivity index (χ1n) is 6.36. The fraction of sp³-hybridized carbons (Fsp3) is 0.786. The molecule has 0 radical (unpaired) electrons. The zero-order valence-corrected chi connectivity index (χ0v) is 13.6. The third kappa shape index (κ3) is 3.11. The van der Waals surface area contributed by atoms with Gasteiger partial charge in [0.05, 0.1) is 10.7 Å². The molecular weight excluding hydrogens is 294 g/mol. The van der Waals surface area contributed by atoms with E-state index in [1.54, 1.807) is 0 Å². The highest BCUT2D eigenvalue weighted by atomic mass is 79.9. The summed E-state index contributed by atoms with van der Waals surface area (Å²) in [6, 6.07) is 0. The molecule has 1 aromatic heterocycles. The second-order valence-electron chi connectivity index (χ2n) is 6.62. The molecule has 0 amide bonds. The van der Waals surface area contributed by atoms with Crippen LogP contribution >= 0.6 is 27.3 Å². The molecule has 1 atom stereocenters. The van der Waals surface area contributed by atoms with Gasteiger partial charge in [0, 0.05) is 22.5 Å². The van der Waals surface area contributed by atoms with E-state index in [-0.39, 0.29) is 5.41 Å². The van der Waals surface area contributed by atoms with E-state index in [9.17, 15) is 0 Å². The zero-order valence-electron chi connectivity index (χ0n) is 11.2. The van der Waals surface area contributed by atoms with E-state index < -0.39 is 0 Å². The summed E-state index contributed by atoms with van der Waals surface area (Å²) in [5.74, 6) is 0.906. The molecule has 1 fully saturated rings. The van der Waals surface area contributed by atoms with Crippen LogP contribution in [0.2, 0.25) is 0 Å². The largest absolute Gasteiger partial charge is 0.246 e. The van der Waals surface area contributed by atoms with Crippen molar-refractivity contribution in [2.75, 3.05) is 5.33 Å². The van der Waals surface area contributed by atoms with Crippen LogP contribution in [0.4, 0.5) is 0 Å². The summed E-state index contributed by atoms with van der Waals surface area (Å²) in [4.78, 5) is 4.82. The van der Waals surface area contributed by atoms with E-state index >= 15 is 0 Å². The number of hydrogen-bond donors (Lipinski definition) is 0. The standard InChI is InChI=1S/C14H22BrNS/c1-13(2,3)11-8-17-12(16-11)7-14(4,9-15)10-5-6-10/h8,10H,5-7,9H2,1-4H3. The lowest BCUT2D eigenvalue weighted by Crippen LogP contribution is -2.24. The predicted molar refractivity (Wildman–Crippen MR) is 79.1 cm³/mol. The average Bonchev–Trinajstić information content (AvgIpc) is 2.99. The van der Waals surface area contributed by atoms with Crippen molar-refractivity contribution in [3.8, 4) is 0 Å². The highest BCUT2D eigenvalue weighted by Gasteiger charge is 2.41. The summed E-state index contributed by atoms with van der Waals surface area (Å²) >= 11 is 5.53. The first kappa shape index (κ1) is 13.5. The van der Waals surface area contributed by atoms with Gasteiger partial charge in [-0.1, -0.05) is 43.6 Å². The van der Waals surface area contributed by atoms with Crippen LogP contribution in [0.1, 0.15) is 51.2 Å². The van der Waals surface area contributed by atoms with Crippen molar-refractivity contribution in [1.29, 1.82) is 0 Å². The van der Waals surface area contributed by atoms with Crippen molar-refractivity contribution >= 4 is 27.3 Å². The SMILES string of the molecule is CC(C)(C)c1csc(CC(C)(CBr)C2CC2)n1. The summed E-state index contributed by atoms with van der Waals surface area (Å²) in [6.45, 7) is 9.10. The quantitative estimate of drug-likeness (QED) is 0.728. The van der Waals surface area contributed by atoms with Crippen LogP contribution in [0, 0.1) is 11.3 Å². The van der Waals surface area contributed by atoms with Crippen LogP contribution in [0.5, 0.6) is 0 Å². The van der Waals surface area contributed by atoms with Crippen molar-refractivity contribution < 1.29 is 0 Å².